The van der Waals surface area contributed by atoms with Crippen molar-refractivity contribution in [2.75, 3.05) is 13.7 Å². The monoisotopic (exact) mass is 279 g/mol. The van der Waals surface area contributed by atoms with E-state index in [0.29, 0.717) is 12.3 Å². The van der Waals surface area contributed by atoms with E-state index in [1.807, 2.05) is 6.07 Å². The Morgan fingerprint density at radius 1 is 1.47 bits per heavy atom. The van der Waals surface area contributed by atoms with Crippen molar-refractivity contribution >= 4 is 15.9 Å². The van der Waals surface area contributed by atoms with Crippen molar-refractivity contribution in [2.24, 2.45) is 0 Å². The molecule has 1 aromatic rings. The van der Waals surface area contributed by atoms with Gasteiger partial charge < -0.3 is 10.1 Å². The van der Waals surface area contributed by atoms with Gasteiger partial charge in [-0.15, -0.1) is 0 Å². The first-order chi connectivity index (χ1) is 7.13. The van der Waals surface area contributed by atoms with Gasteiger partial charge >= 0.3 is 0 Å². The predicted octanol–water partition coefficient (Wildman–Crippen LogP) is 2.81. The number of ether oxygens (including phenoxy) is 1. The Balaban J connectivity index is 2.76. The first-order valence-corrected chi connectivity index (χ1v) is 5.26. The van der Waals surface area contributed by atoms with Gasteiger partial charge in [0.2, 0.25) is 0 Å². The summed E-state index contributed by atoms with van der Waals surface area (Å²) < 4.78 is 29.8. The van der Waals surface area contributed by atoms with Crippen molar-refractivity contribution in [3.63, 3.8) is 0 Å². The molecule has 2 nitrogen and oxygen atoms in total. The highest BCUT2D eigenvalue weighted by atomic mass is 79.9. The maximum absolute atomic E-state index is 12.0. The van der Waals surface area contributed by atoms with Crippen LogP contribution >= 0.6 is 15.9 Å². The molecule has 0 saturated carbocycles. The highest BCUT2D eigenvalue weighted by molar-refractivity contribution is 9.10. The van der Waals surface area contributed by atoms with Gasteiger partial charge in [0.1, 0.15) is 12.4 Å². The molecule has 0 aliphatic carbocycles. The highest BCUT2D eigenvalue weighted by Crippen LogP contribution is 2.23. The van der Waals surface area contributed by atoms with Crippen LogP contribution in [0.1, 0.15) is 5.56 Å². The number of hydrogen-bond acceptors (Lipinski definition) is 2. The normalized spacial score (nSPS) is 10.7. The summed E-state index contributed by atoms with van der Waals surface area (Å²) in [5, 5.41) is 2.95. The first kappa shape index (κ1) is 12.4. The van der Waals surface area contributed by atoms with Crippen LogP contribution in [0.3, 0.4) is 0 Å². The van der Waals surface area contributed by atoms with Crippen LogP contribution in [0.25, 0.3) is 0 Å². The lowest BCUT2D eigenvalue weighted by atomic mass is 10.2. The van der Waals surface area contributed by atoms with Crippen LogP contribution in [0.4, 0.5) is 8.78 Å². The minimum Gasteiger partial charge on any atom is -0.487 e. The summed E-state index contributed by atoms with van der Waals surface area (Å²) in [5.74, 6) is 0.493. The molecule has 0 saturated heterocycles. The molecule has 0 spiro atoms. The molecule has 1 rings (SSSR count). The number of rotatable bonds is 5. The largest absolute Gasteiger partial charge is 0.487 e. The molecule has 0 heterocycles. The second-order valence-corrected chi connectivity index (χ2v) is 3.90. The Bertz CT molecular complexity index is 320. The van der Waals surface area contributed by atoms with Crippen LogP contribution < -0.4 is 10.1 Å². The molecule has 0 unspecified atom stereocenters. The number of alkyl halides is 2. The number of benzene rings is 1. The second kappa shape index (κ2) is 6.02. The van der Waals surface area contributed by atoms with E-state index >= 15 is 0 Å². The zero-order valence-electron chi connectivity index (χ0n) is 8.27. The Morgan fingerprint density at radius 3 is 2.80 bits per heavy atom. The van der Waals surface area contributed by atoms with Crippen molar-refractivity contribution in [1.29, 1.82) is 0 Å². The van der Waals surface area contributed by atoms with Gasteiger partial charge in [0.15, 0.2) is 0 Å². The molecule has 1 N–H and O–H groups in total. The Morgan fingerprint density at radius 2 is 2.20 bits per heavy atom. The quantitative estimate of drug-likeness (QED) is 0.895. The SMILES string of the molecule is CNCc1cc(Br)ccc1OCC(F)F. The average Bonchev–Trinajstić information content (AvgIpc) is 2.17. The molecule has 0 aliphatic heterocycles. The number of halogens is 3. The van der Waals surface area contributed by atoms with Gasteiger partial charge in [-0.2, -0.15) is 0 Å². The molecule has 0 radical (unpaired) electrons. The highest BCUT2D eigenvalue weighted by Gasteiger charge is 2.07. The molecule has 5 heteroatoms. The van der Waals surface area contributed by atoms with Crippen LogP contribution in [0.15, 0.2) is 22.7 Å². The number of nitrogens with one attached hydrogen (secondary N) is 1. The van der Waals surface area contributed by atoms with E-state index in [9.17, 15) is 8.78 Å². The van der Waals surface area contributed by atoms with Crippen LogP contribution in [-0.4, -0.2) is 20.1 Å². The zero-order valence-corrected chi connectivity index (χ0v) is 9.85. The van der Waals surface area contributed by atoms with Gasteiger partial charge in [-0.3, -0.25) is 0 Å². The molecular weight excluding hydrogens is 268 g/mol. The standard InChI is InChI=1S/C10H12BrF2NO/c1-14-5-7-4-8(11)2-3-9(7)15-6-10(12)13/h2-4,10,14H,5-6H2,1H3. The molecule has 0 bridgehead atoms. The molecule has 0 aliphatic rings. The average molecular weight is 280 g/mol. The Kier molecular flexibility index (Phi) is 4.98. The van der Waals surface area contributed by atoms with Crippen molar-refractivity contribution in [1.82, 2.24) is 5.32 Å². The third kappa shape index (κ3) is 4.13. The maximum Gasteiger partial charge on any atom is 0.272 e. The van der Waals surface area contributed by atoms with Crippen molar-refractivity contribution in [3.05, 3.63) is 28.2 Å². The zero-order chi connectivity index (χ0) is 11.3. The summed E-state index contributed by atoms with van der Waals surface area (Å²) in [6.07, 6.45) is -2.45. The van der Waals surface area contributed by atoms with E-state index < -0.39 is 13.0 Å². The van der Waals surface area contributed by atoms with E-state index in [2.05, 4.69) is 21.2 Å². The first-order valence-electron chi connectivity index (χ1n) is 4.47. The molecule has 0 atom stereocenters. The summed E-state index contributed by atoms with van der Waals surface area (Å²) in [4.78, 5) is 0. The Hall–Kier alpha value is -0.680. The molecular formula is C10H12BrF2NO. The van der Waals surface area contributed by atoms with Crippen LogP contribution in [0.5, 0.6) is 5.75 Å². The summed E-state index contributed by atoms with van der Waals surface area (Å²) >= 11 is 3.31. The third-order valence-corrected chi connectivity index (χ3v) is 2.25. The molecule has 0 aromatic heterocycles. The van der Waals surface area contributed by atoms with Crippen LogP contribution in [0, 0.1) is 0 Å². The van der Waals surface area contributed by atoms with Crippen LogP contribution in [0.2, 0.25) is 0 Å². The topological polar surface area (TPSA) is 21.3 Å². The smallest absolute Gasteiger partial charge is 0.272 e. The second-order valence-electron chi connectivity index (χ2n) is 2.98. The van der Waals surface area contributed by atoms with E-state index in [4.69, 9.17) is 4.74 Å². The van der Waals surface area contributed by atoms with Crippen LogP contribution in [-0.2, 0) is 6.54 Å². The van der Waals surface area contributed by atoms with Crippen molar-refractivity contribution < 1.29 is 13.5 Å². The molecule has 1 aromatic carbocycles. The van der Waals surface area contributed by atoms with Gasteiger partial charge in [0.25, 0.3) is 6.43 Å². The minimum absolute atomic E-state index is 0.493. The van der Waals surface area contributed by atoms with Gasteiger partial charge in [0.05, 0.1) is 0 Å². The van der Waals surface area contributed by atoms with Gasteiger partial charge in [-0.25, -0.2) is 8.78 Å². The van der Waals surface area contributed by atoms with Gasteiger partial charge in [-0.05, 0) is 25.2 Å². The molecule has 0 amide bonds. The van der Waals surface area contributed by atoms with E-state index in [-0.39, 0.29) is 0 Å². The molecule has 0 fully saturated rings. The molecule has 84 valence electrons. The van der Waals surface area contributed by atoms with E-state index in [1.165, 1.54) is 0 Å². The lowest BCUT2D eigenvalue weighted by molar-refractivity contribution is 0.0814. The molecule has 15 heavy (non-hydrogen) atoms. The lowest BCUT2D eigenvalue weighted by Gasteiger charge is -2.11. The summed E-state index contributed by atoms with van der Waals surface area (Å²) in [6, 6.07) is 5.29. The lowest BCUT2D eigenvalue weighted by Crippen LogP contribution is -2.11. The summed E-state index contributed by atoms with van der Waals surface area (Å²) in [6.45, 7) is 0.0103. The van der Waals surface area contributed by atoms with E-state index in [1.54, 1.807) is 19.2 Å². The van der Waals surface area contributed by atoms with Gasteiger partial charge in [0, 0.05) is 16.6 Å². The predicted molar refractivity (Wildman–Crippen MR) is 58.4 cm³/mol. The van der Waals surface area contributed by atoms with Crippen molar-refractivity contribution in [2.45, 2.75) is 13.0 Å². The summed E-state index contributed by atoms with van der Waals surface area (Å²) in [5.41, 5.74) is 0.854. The minimum atomic E-state index is -2.45. The van der Waals surface area contributed by atoms with E-state index in [0.717, 1.165) is 10.0 Å². The van der Waals surface area contributed by atoms with Gasteiger partial charge in [-0.1, -0.05) is 15.9 Å². The fourth-order valence-electron chi connectivity index (χ4n) is 1.17. The Labute approximate surface area is 95.8 Å². The third-order valence-electron chi connectivity index (χ3n) is 1.75. The van der Waals surface area contributed by atoms with Crippen molar-refractivity contribution in [3.8, 4) is 5.75 Å². The summed E-state index contributed by atoms with van der Waals surface area (Å²) in [7, 11) is 1.79. The maximum atomic E-state index is 12.0. The fourth-order valence-corrected chi connectivity index (χ4v) is 1.58. The number of hydrogen-bond donors (Lipinski definition) is 1. The fraction of sp³-hybridized carbons (Fsp3) is 0.400.